The number of carboxylic acid groups (broad SMARTS) is 1. The average Bonchev–Trinajstić information content (AvgIpc) is 2.18. The number of carboxylic acids is 1. The molecule has 0 bridgehead atoms. The normalized spacial score (nSPS) is 13.5. The van der Waals surface area contributed by atoms with Crippen LogP contribution in [0.4, 0.5) is 22.0 Å². The van der Waals surface area contributed by atoms with Gasteiger partial charge in [-0.25, -0.2) is 13.6 Å². The first kappa shape index (κ1) is 13.4. The Morgan fingerprint density at radius 2 is 1.94 bits per heavy atom. The molecular formula is C10H7F5O2. The summed E-state index contributed by atoms with van der Waals surface area (Å²) in [5.41, 5.74) is -1.95. The van der Waals surface area contributed by atoms with E-state index in [1.54, 1.807) is 0 Å². The van der Waals surface area contributed by atoms with Gasteiger partial charge in [-0.2, -0.15) is 13.2 Å². The van der Waals surface area contributed by atoms with Crippen LogP contribution in [0.25, 0.3) is 0 Å². The smallest absolute Gasteiger partial charge is 0.416 e. The lowest BCUT2D eigenvalue weighted by atomic mass is 10.0. The third-order valence-electron chi connectivity index (χ3n) is 2.04. The molecule has 0 spiro atoms. The van der Waals surface area contributed by atoms with Crippen LogP contribution in [0.5, 0.6) is 0 Å². The van der Waals surface area contributed by atoms with Gasteiger partial charge >= 0.3 is 12.1 Å². The van der Waals surface area contributed by atoms with Gasteiger partial charge in [-0.1, -0.05) is 6.07 Å². The van der Waals surface area contributed by atoms with Gasteiger partial charge in [0.15, 0.2) is 0 Å². The molecule has 7 heteroatoms. The Kier molecular flexibility index (Phi) is 3.69. The van der Waals surface area contributed by atoms with Gasteiger partial charge in [-0.05, 0) is 17.7 Å². The zero-order valence-corrected chi connectivity index (χ0v) is 8.26. The predicted octanol–water partition coefficient (Wildman–Crippen LogP) is 2.81. The first-order valence-corrected chi connectivity index (χ1v) is 4.44. The highest BCUT2D eigenvalue weighted by Gasteiger charge is 2.34. The minimum atomic E-state index is -4.85. The van der Waals surface area contributed by atoms with E-state index < -0.39 is 41.7 Å². The van der Waals surface area contributed by atoms with Crippen molar-refractivity contribution in [1.82, 2.24) is 0 Å². The van der Waals surface area contributed by atoms with Crippen molar-refractivity contribution in [3.8, 4) is 0 Å². The molecular weight excluding hydrogens is 247 g/mol. The summed E-state index contributed by atoms with van der Waals surface area (Å²) >= 11 is 0. The van der Waals surface area contributed by atoms with E-state index in [1.807, 2.05) is 0 Å². The third-order valence-corrected chi connectivity index (χ3v) is 2.04. The second-order valence-corrected chi connectivity index (χ2v) is 3.31. The Hall–Kier alpha value is -1.66. The summed E-state index contributed by atoms with van der Waals surface area (Å²) in [4.78, 5) is 10.2. The second kappa shape index (κ2) is 4.68. The van der Waals surface area contributed by atoms with Gasteiger partial charge in [-0.15, -0.1) is 0 Å². The molecule has 0 heterocycles. The molecule has 0 aliphatic heterocycles. The number of benzene rings is 1. The van der Waals surface area contributed by atoms with E-state index in [4.69, 9.17) is 5.11 Å². The molecule has 2 nitrogen and oxygen atoms in total. The Morgan fingerprint density at radius 1 is 1.35 bits per heavy atom. The van der Waals surface area contributed by atoms with Gasteiger partial charge in [0.25, 0.3) is 0 Å². The Labute approximate surface area is 92.7 Å². The molecule has 0 aliphatic carbocycles. The molecule has 0 fully saturated rings. The molecule has 0 aromatic heterocycles. The van der Waals surface area contributed by atoms with Crippen LogP contribution in [0.15, 0.2) is 18.2 Å². The minimum Gasteiger partial charge on any atom is -0.479 e. The van der Waals surface area contributed by atoms with Crippen molar-refractivity contribution in [3.05, 3.63) is 35.1 Å². The van der Waals surface area contributed by atoms with E-state index in [2.05, 4.69) is 0 Å². The molecule has 0 radical (unpaired) electrons. The summed E-state index contributed by atoms with van der Waals surface area (Å²) in [6.07, 6.45) is -8.26. The number of halogens is 5. The van der Waals surface area contributed by atoms with Gasteiger partial charge in [0.05, 0.1) is 5.56 Å². The first-order valence-electron chi connectivity index (χ1n) is 4.44. The fourth-order valence-corrected chi connectivity index (χ4v) is 1.27. The maximum atomic E-state index is 12.8. The van der Waals surface area contributed by atoms with Crippen LogP contribution >= 0.6 is 0 Å². The van der Waals surface area contributed by atoms with Crippen LogP contribution in [0.2, 0.25) is 0 Å². The molecule has 1 atom stereocenters. The third kappa shape index (κ3) is 3.40. The molecule has 0 amide bonds. The van der Waals surface area contributed by atoms with Crippen LogP contribution in [0.1, 0.15) is 11.1 Å². The van der Waals surface area contributed by atoms with Gasteiger partial charge < -0.3 is 5.11 Å². The van der Waals surface area contributed by atoms with E-state index in [-0.39, 0.29) is 6.07 Å². The van der Waals surface area contributed by atoms with Crippen molar-refractivity contribution in [2.24, 2.45) is 0 Å². The molecule has 1 aromatic carbocycles. The van der Waals surface area contributed by atoms with Gasteiger partial charge in [0, 0.05) is 6.42 Å². The van der Waals surface area contributed by atoms with E-state index >= 15 is 0 Å². The number of alkyl halides is 4. The number of aliphatic carboxylic acids is 1. The number of hydrogen-bond donors (Lipinski definition) is 1. The lowest BCUT2D eigenvalue weighted by Gasteiger charge is -2.13. The molecule has 17 heavy (non-hydrogen) atoms. The van der Waals surface area contributed by atoms with Crippen molar-refractivity contribution in [2.75, 3.05) is 0 Å². The van der Waals surface area contributed by atoms with Crippen LogP contribution in [0.3, 0.4) is 0 Å². The van der Waals surface area contributed by atoms with Gasteiger partial charge in [0.1, 0.15) is 5.82 Å². The number of carbonyl (C=O) groups is 1. The Morgan fingerprint density at radius 3 is 2.41 bits per heavy atom. The summed E-state index contributed by atoms with van der Waals surface area (Å²) in [5.74, 6) is -2.98. The highest BCUT2D eigenvalue weighted by Crippen LogP contribution is 2.33. The Balaban J connectivity index is 3.11. The van der Waals surface area contributed by atoms with E-state index in [9.17, 15) is 26.7 Å². The summed E-state index contributed by atoms with van der Waals surface area (Å²) in [7, 11) is 0. The van der Waals surface area contributed by atoms with Crippen LogP contribution in [-0.4, -0.2) is 17.2 Å². The lowest BCUT2D eigenvalue weighted by molar-refractivity contribution is -0.144. The molecule has 0 saturated carbocycles. The van der Waals surface area contributed by atoms with Gasteiger partial charge in [-0.3, -0.25) is 0 Å². The number of rotatable bonds is 3. The SMILES string of the molecule is O=C(O)C(F)Cc1ccc(F)cc1C(F)(F)F. The molecule has 0 aliphatic rings. The van der Waals surface area contributed by atoms with Crippen LogP contribution in [-0.2, 0) is 17.4 Å². The van der Waals surface area contributed by atoms with Crippen LogP contribution < -0.4 is 0 Å². The summed E-state index contributed by atoms with van der Waals surface area (Å²) in [6, 6.07) is 1.66. The summed E-state index contributed by atoms with van der Waals surface area (Å²) < 4.78 is 62.8. The lowest BCUT2D eigenvalue weighted by Crippen LogP contribution is -2.20. The molecule has 1 aromatic rings. The predicted molar refractivity (Wildman–Crippen MR) is 47.6 cm³/mol. The van der Waals surface area contributed by atoms with Crippen LogP contribution in [0, 0.1) is 5.82 Å². The standard InChI is InChI=1S/C10H7F5O2/c11-6-2-1-5(3-8(12)9(16)17)7(4-6)10(13,14)15/h1-2,4,8H,3H2,(H,16,17). The average molecular weight is 254 g/mol. The maximum Gasteiger partial charge on any atom is 0.416 e. The monoisotopic (exact) mass is 254 g/mol. The van der Waals surface area contributed by atoms with Gasteiger partial charge in [0.2, 0.25) is 6.17 Å². The van der Waals surface area contributed by atoms with E-state index in [0.717, 1.165) is 12.1 Å². The van der Waals surface area contributed by atoms with E-state index in [0.29, 0.717) is 0 Å². The van der Waals surface area contributed by atoms with Crippen molar-refractivity contribution in [1.29, 1.82) is 0 Å². The van der Waals surface area contributed by atoms with Crippen molar-refractivity contribution in [3.63, 3.8) is 0 Å². The van der Waals surface area contributed by atoms with Crippen molar-refractivity contribution in [2.45, 2.75) is 18.8 Å². The fourth-order valence-electron chi connectivity index (χ4n) is 1.27. The zero-order chi connectivity index (χ0) is 13.2. The summed E-state index contributed by atoms with van der Waals surface area (Å²) in [6.45, 7) is 0. The highest BCUT2D eigenvalue weighted by molar-refractivity contribution is 5.72. The van der Waals surface area contributed by atoms with Crippen molar-refractivity contribution >= 4 is 5.97 Å². The Bertz CT molecular complexity index is 427. The highest BCUT2D eigenvalue weighted by atomic mass is 19.4. The first-order chi connectivity index (χ1) is 7.71. The van der Waals surface area contributed by atoms with E-state index in [1.165, 1.54) is 0 Å². The summed E-state index contributed by atoms with van der Waals surface area (Å²) in [5, 5.41) is 8.26. The van der Waals surface area contributed by atoms with Crippen molar-refractivity contribution < 1.29 is 31.9 Å². The second-order valence-electron chi connectivity index (χ2n) is 3.31. The maximum absolute atomic E-state index is 12.8. The molecule has 1 rings (SSSR count). The fraction of sp³-hybridized carbons (Fsp3) is 0.300. The zero-order valence-electron chi connectivity index (χ0n) is 8.26. The molecule has 94 valence electrons. The topological polar surface area (TPSA) is 37.3 Å². The molecule has 0 saturated heterocycles. The number of hydrogen-bond acceptors (Lipinski definition) is 1. The quantitative estimate of drug-likeness (QED) is 0.842. The largest absolute Gasteiger partial charge is 0.479 e. The minimum absolute atomic E-state index is 0.212. The molecule has 1 unspecified atom stereocenters. The molecule has 1 N–H and O–H groups in total.